The van der Waals surface area contributed by atoms with Gasteiger partial charge in [-0.3, -0.25) is 9.01 Å². The van der Waals surface area contributed by atoms with Gasteiger partial charge in [-0.05, 0) is 18.2 Å². The zero-order valence-corrected chi connectivity index (χ0v) is 9.29. The van der Waals surface area contributed by atoms with Gasteiger partial charge in [0, 0.05) is 10.8 Å². The Balaban J connectivity index is 1.93. The second kappa shape index (κ2) is 3.85. The SMILES string of the molecule is O=S1NC(Cc2occ3cc(F)ccc23)=NO1. The number of amidine groups is 1. The molecule has 0 aliphatic carbocycles. The van der Waals surface area contributed by atoms with Gasteiger partial charge in [0.25, 0.3) is 0 Å². The molecule has 7 heteroatoms. The van der Waals surface area contributed by atoms with Crippen LogP contribution in [0.15, 0.2) is 34.0 Å². The van der Waals surface area contributed by atoms with Crippen LogP contribution in [-0.2, 0) is 22.0 Å². The van der Waals surface area contributed by atoms with E-state index in [-0.39, 0.29) is 5.82 Å². The van der Waals surface area contributed by atoms with Crippen LogP contribution in [0, 0.1) is 5.82 Å². The zero-order valence-electron chi connectivity index (χ0n) is 8.47. The van der Waals surface area contributed by atoms with Crippen molar-refractivity contribution in [3.05, 3.63) is 36.0 Å². The molecule has 0 bridgehead atoms. The largest absolute Gasteiger partial charge is 0.468 e. The summed E-state index contributed by atoms with van der Waals surface area (Å²) in [6.07, 6.45) is 1.79. The maximum absolute atomic E-state index is 13.0. The van der Waals surface area contributed by atoms with E-state index < -0.39 is 11.3 Å². The standard InChI is InChI=1S/C10H7FN2O3S/c11-7-1-2-8-6(3-7)5-15-9(8)4-10-12-16-17(14)13-10/h1-3,5H,4H2,(H,12,13). The first kappa shape index (κ1) is 10.3. The number of fused-ring (bicyclic) bond motifs is 1. The third-order valence-electron chi connectivity index (χ3n) is 2.39. The lowest BCUT2D eigenvalue weighted by molar-refractivity contribution is 0.384. The molecule has 3 rings (SSSR count). The van der Waals surface area contributed by atoms with Gasteiger partial charge < -0.3 is 4.42 Å². The van der Waals surface area contributed by atoms with Gasteiger partial charge in [0.15, 0.2) is 5.84 Å². The molecule has 1 N–H and O–H groups in total. The van der Waals surface area contributed by atoms with E-state index >= 15 is 0 Å². The fraction of sp³-hybridized carbons (Fsp3) is 0.100. The van der Waals surface area contributed by atoms with Crippen molar-refractivity contribution in [1.29, 1.82) is 0 Å². The molecule has 1 aromatic carbocycles. The average molecular weight is 254 g/mol. The Bertz CT molecular complexity index is 638. The Morgan fingerprint density at radius 2 is 2.35 bits per heavy atom. The smallest absolute Gasteiger partial charge is 0.338 e. The Morgan fingerprint density at radius 1 is 1.47 bits per heavy atom. The van der Waals surface area contributed by atoms with Crippen LogP contribution in [0.1, 0.15) is 5.76 Å². The molecule has 2 heterocycles. The van der Waals surface area contributed by atoms with Crippen LogP contribution in [-0.4, -0.2) is 10.0 Å². The van der Waals surface area contributed by atoms with Crippen molar-refractivity contribution in [3.63, 3.8) is 0 Å². The number of nitrogens with one attached hydrogen (secondary N) is 1. The lowest BCUT2D eigenvalue weighted by Crippen LogP contribution is -2.20. The summed E-state index contributed by atoms with van der Waals surface area (Å²) >= 11 is -1.61. The summed E-state index contributed by atoms with van der Waals surface area (Å²) in [6.45, 7) is 0. The predicted octanol–water partition coefficient (Wildman–Crippen LogP) is 1.63. The third-order valence-corrected chi connectivity index (χ3v) is 3.00. The van der Waals surface area contributed by atoms with Crippen molar-refractivity contribution in [1.82, 2.24) is 4.72 Å². The van der Waals surface area contributed by atoms with Gasteiger partial charge in [0.2, 0.25) is 0 Å². The number of rotatable bonds is 2. The van der Waals surface area contributed by atoms with Crippen molar-refractivity contribution >= 4 is 27.9 Å². The molecule has 1 atom stereocenters. The van der Waals surface area contributed by atoms with Gasteiger partial charge in [-0.2, -0.15) is 4.21 Å². The minimum absolute atomic E-state index is 0.314. The molecule has 5 nitrogen and oxygen atoms in total. The molecule has 0 saturated heterocycles. The molecule has 88 valence electrons. The minimum atomic E-state index is -1.61. The summed E-state index contributed by atoms with van der Waals surface area (Å²) in [5.74, 6) is 0.725. The topological polar surface area (TPSA) is 63.8 Å². The summed E-state index contributed by atoms with van der Waals surface area (Å²) in [5.41, 5.74) is 0. The second-order valence-electron chi connectivity index (χ2n) is 3.52. The molecule has 17 heavy (non-hydrogen) atoms. The lowest BCUT2D eigenvalue weighted by Gasteiger charge is -1.96. The van der Waals surface area contributed by atoms with E-state index in [1.165, 1.54) is 18.4 Å². The molecule has 1 aliphatic rings. The Morgan fingerprint density at radius 3 is 3.12 bits per heavy atom. The number of benzene rings is 1. The fourth-order valence-corrected chi connectivity index (χ4v) is 2.15. The highest BCUT2D eigenvalue weighted by atomic mass is 32.2. The van der Waals surface area contributed by atoms with Gasteiger partial charge in [0.1, 0.15) is 11.6 Å². The normalized spacial score (nSPS) is 18.9. The van der Waals surface area contributed by atoms with Crippen molar-refractivity contribution in [2.24, 2.45) is 5.16 Å². The van der Waals surface area contributed by atoms with E-state index in [4.69, 9.17) is 4.42 Å². The van der Waals surface area contributed by atoms with E-state index in [2.05, 4.69) is 14.2 Å². The molecule has 0 amide bonds. The highest BCUT2D eigenvalue weighted by Gasteiger charge is 2.17. The Kier molecular flexibility index (Phi) is 2.32. The molecule has 0 spiro atoms. The zero-order chi connectivity index (χ0) is 11.8. The molecular formula is C10H7FN2O3S. The van der Waals surface area contributed by atoms with Crippen LogP contribution < -0.4 is 4.72 Å². The molecule has 0 fully saturated rings. The summed E-state index contributed by atoms with van der Waals surface area (Å²) < 4.78 is 36.2. The fourth-order valence-electron chi connectivity index (χ4n) is 1.65. The third kappa shape index (κ3) is 1.89. The van der Waals surface area contributed by atoms with Crippen molar-refractivity contribution < 1.29 is 17.3 Å². The van der Waals surface area contributed by atoms with Crippen molar-refractivity contribution in [2.45, 2.75) is 6.42 Å². The van der Waals surface area contributed by atoms with Gasteiger partial charge in [-0.15, -0.1) is 0 Å². The van der Waals surface area contributed by atoms with E-state index in [1.54, 1.807) is 6.07 Å². The highest BCUT2D eigenvalue weighted by Crippen LogP contribution is 2.22. The molecule has 1 aliphatic heterocycles. The number of oxime groups is 1. The monoisotopic (exact) mass is 254 g/mol. The maximum atomic E-state index is 13.0. The number of nitrogens with zero attached hydrogens (tertiary/aromatic N) is 1. The average Bonchev–Trinajstić information content (AvgIpc) is 2.86. The van der Waals surface area contributed by atoms with E-state index in [0.29, 0.717) is 23.4 Å². The van der Waals surface area contributed by atoms with Crippen molar-refractivity contribution in [3.8, 4) is 0 Å². The number of hydrogen-bond acceptors (Lipinski definition) is 4. The predicted molar refractivity (Wildman–Crippen MR) is 59.7 cm³/mol. The summed E-state index contributed by atoms with van der Waals surface area (Å²) in [7, 11) is 0. The summed E-state index contributed by atoms with van der Waals surface area (Å²) in [5, 5.41) is 5.07. The van der Waals surface area contributed by atoms with Crippen LogP contribution in [0.25, 0.3) is 10.8 Å². The summed E-state index contributed by atoms with van der Waals surface area (Å²) in [4.78, 5) is 0. The first-order valence-corrected chi connectivity index (χ1v) is 5.88. The van der Waals surface area contributed by atoms with Crippen molar-refractivity contribution in [2.75, 3.05) is 0 Å². The maximum Gasteiger partial charge on any atom is 0.338 e. The van der Waals surface area contributed by atoms with Crippen LogP contribution in [0.4, 0.5) is 4.39 Å². The van der Waals surface area contributed by atoms with Gasteiger partial charge in [0.05, 0.1) is 12.7 Å². The molecule has 0 radical (unpaired) electrons. The highest BCUT2D eigenvalue weighted by molar-refractivity contribution is 7.79. The molecule has 2 aromatic rings. The Labute approximate surface area is 98.0 Å². The van der Waals surface area contributed by atoms with Crippen LogP contribution >= 0.6 is 0 Å². The molecular weight excluding hydrogens is 247 g/mol. The van der Waals surface area contributed by atoms with Gasteiger partial charge in [-0.1, -0.05) is 5.16 Å². The van der Waals surface area contributed by atoms with E-state index in [9.17, 15) is 8.60 Å². The first-order valence-electron chi connectivity index (χ1n) is 4.81. The van der Waals surface area contributed by atoms with Gasteiger partial charge in [-0.25, -0.2) is 4.39 Å². The molecule has 0 saturated carbocycles. The van der Waals surface area contributed by atoms with Gasteiger partial charge >= 0.3 is 11.3 Å². The first-order chi connectivity index (χ1) is 8.22. The molecule has 1 aromatic heterocycles. The lowest BCUT2D eigenvalue weighted by atomic mass is 10.1. The quantitative estimate of drug-likeness (QED) is 0.885. The van der Waals surface area contributed by atoms with E-state index in [0.717, 1.165) is 5.39 Å². The van der Waals surface area contributed by atoms with Crippen LogP contribution in [0.5, 0.6) is 0 Å². The molecule has 1 unspecified atom stereocenters. The number of hydrogen-bond donors (Lipinski definition) is 1. The van der Waals surface area contributed by atoms with E-state index in [1.807, 2.05) is 0 Å². The van der Waals surface area contributed by atoms with Crippen LogP contribution in [0.3, 0.4) is 0 Å². The van der Waals surface area contributed by atoms with Crippen LogP contribution in [0.2, 0.25) is 0 Å². The Hall–Kier alpha value is -1.89. The number of furan rings is 1. The summed E-state index contributed by atoms with van der Waals surface area (Å²) in [6, 6.07) is 4.39. The second-order valence-corrected chi connectivity index (χ2v) is 4.34. The minimum Gasteiger partial charge on any atom is -0.468 e. The number of halogens is 1.